The normalized spacial score (nSPS) is 14.4. The Labute approximate surface area is 194 Å². The Kier molecular flexibility index (Phi) is 6.05. The van der Waals surface area contributed by atoms with Crippen molar-refractivity contribution in [2.45, 2.75) is 13.5 Å². The number of carbonyl (C=O) groups excluding carboxylic acids is 1. The van der Waals surface area contributed by atoms with Crippen molar-refractivity contribution in [3.8, 4) is 0 Å². The van der Waals surface area contributed by atoms with Crippen molar-refractivity contribution in [2.75, 3.05) is 36.4 Å². The summed E-state index contributed by atoms with van der Waals surface area (Å²) in [5.41, 5.74) is 5.74. The second-order valence-electron chi connectivity index (χ2n) is 8.56. The van der Waals surface area contributed by atoms with Crippen LogP contribution in [0.5, 0.6) is 0 Å². The summed E-state index contributed by atoms with van der Waals surface area (Å²) < 4.78 is 0. The lowest BCUT2D eigenvalue weighted by Gasteiger charge is -2.37. The molecule has 1 aliphatic heterocycles. The molecule has 0 aliphatic carbocycles. The highest BCUT2D eigenvalue weighted by molar-refractivity contribution is 6.09. The Bertz CT molecular complexity index is 1260. The number of anilines is 2. The summed E-state index contributed by atoms with van der Waals surface area (Å²) in [4.78, 5) is 22.6. The maximum Gasteiger partial charge on any atom is 0.256 e. The highest BCUT2D eigenvalue weighted by Gasteiger charge is 2.23. The van der Waals surface area contributed by atoms with E-state index in [1.165, 1.54) is 5.56 Å². The molecule has 1 aromatic heterocycles. The van der Waals surface area contributed by atoms with E-state index < -0.39 is 0 Å². The van der Waals surface area contributed by atoms with E-state index in [2.05, 4.69) is 56.5 Å². The van der Waals surface area contributed by atoms with E-state index in [-0.39, 0.29) is 5.91 Å². The van der Waals surface area contributed by atoms with Crippen LogP contribution in [0.2, 0.25) is 0 Å². The third kappa shape index (κ3) is 4.59. The van der Waals surface area contributed by atoms with Crippen molar-refractivity contribution >= 4 is 28.2 Å². The fraction of sp³-hybridized carbons (Fsp3) is 0.214. The lowest BCUT2D eigenvalue weighted by molar-refractivity contribution is 0.102. The van der Waals surface area contributed by atoms with Gasteiger partial charge in [0.25, 0.3) is 5.91 Å². The molecule has 0 atom stereocenters. The minimum Gasteiger partial charge on any atom is -0.367 e. The van der Waals surface area contributed by atoms with E-state index in [1.54, 1.807) is 6.20 Å². The van der Waals surface area contributed by atoms with Crippen LogP contribution in [0.1, 0.15) is 21.5 Å². The zero-order chi connectivity index (χ0) is 22.6. The Balaban J connectivity index is 1.41. The summed E-state index contributed by atoms with van der Waals surface area (Å²) >= 11 is 0. The lowest BCUT2D eigenvalue weighted by Crippen LogP contribution is -2.46. The van der Waals surface area contributed by atoms with Crippen LogP contribution < -0.4 is 10.2 Å². The van der Waals surface area contributed by atoms with Crippen LogP contribution in [0.25, 0.3) is 10.9 Å². The van der Waals surface area contributed by atoms with Gasteiger partial charge in [-0.25, -0.2) is 0 Å². The molecule has 3 aromatic carbocycles. The van der Waals surface area contributed by atoms with Crippen LogP contribution in [-0.2, 0) is 6.54 Å². The molecule has 5 heteroatoms. The topological polar surface area (TPSA) is 48.5 Å². The van der Waals surface area contributed by atoms with Crippen LogP contribution >= 0.6 is 0 Å². The highest BCUT2D eigenvalue weighted by atomic mass is 16.1. The molecule has 0 unspecified atom stereocenters. The van der Waals surface area contributed by atoms with Crippen LogP contribution in [0.15, 0.2) is 85.1 Å². The zero-order valence-corrected chi connectivity index (χ0v) is 18.9. The third-order valence-electron chi connectivity index (χ3n) is 6.32. The molecule has 4 aromatic rings. The summed E-state index contributed by atoms with van der Waals surface area (Å²) in [6, 6.07) is 26.4. The van der Waals surface area contributed by atoms with Crippen LogP contribution in [0.4, 0.5) is 11.4 Å². The molecule has 1 fully saturated rings. The summed E-state index contributed by atoms with van der Waals surface area (Å²) in [5, 5.41) is 4.22. The number of rotatable bonds is 5. The first kappa shape index (κ1) is 21.2. The lowest BCUT2D eigenvalue weighted by atomic mass is 10.1. The van der Waals surface area contributed by atoms with Crippen molar-refractivity contribution < 1.29 is 4.79 Å². The molecule has 2 heterocycles. The number of nitrogens with zero attached hydrogens (tertiary/aromatic N) is 3. The van der Waals surface area contributed by atoms with E-state index in [0.29, 0.717) is 5.56 Å². The van der Waals surface area contributed by atoms with Crippen molar-refractivity contribution in [1.82, 2.24) is 9.88 Å². The van der Waals surface area contributed by atoms with Gasteiger partial charge in [-0.15, -0.1) is 0 Å². The van der Waals surface area contributed by atoms with Gasteiger partial charge in [0, 0.05) is 43.7 Å². The zero-order valence-electron chi connectivity index (χ0n) is 18.9. The van der Waals surface area contributed by atoms with Gasteiger partial charge in [-0.3, -0.25) is 14.7 Å². The number of amides is 1. The van der Waals surface area contributed by atoms with Crippen molar-refractivity contribution in [3.05, 3.63) is 102 Å². The summed E-state index contributed by atoms with van der Waals surface area (Å²) in [6.07, 6.45) is 1.80. The second-order valence-corrected chi connectivity index (χ2v) is 8.56. The summed E-state index contributed by atoms with van der Waals surface area (Å²) in [5.74, 6) is -0.103. The van der Waals surface area contributed by atoms with Gasteiger partial charge in [0.15, 0.2) is 0 Å². The SMILES string of the molecule is Cc1ccccc1C(=O)Nc1cnc2ccccc2c1N1CCN(Cc2ccccc2)CC1. The van der Waals surface area contributed by atoms with Gasteiger partial charge in [-0.05, 0) is 30.2 Å². The third-order valence-corrected chi connectivity index (χ3v) is 6.32. The standard InChI is InChI=1S/C28H28N4O/c1-21-9-5-6-12-23(21)28(33)30-26-19-29-25-14-8-7-13-24(25)27(26)32-17-15-31(16-18-32)20-22-10-3-2-4-11-22/h2-14,19H,15-18,20H2,1H3,(H,30,33). The Morgan fingerprint density at radius 3 is 2.36 bits per heavy atom. The highest BCUT2D eigenvalue weighted by Crippen LogP contribution is 2.34. The molecule has 5 rings (SSSR count). The number of carbonyl (C=O) groups is 1. The first-order valence-corrected chi connectivity index (χ1v) is 11.4. The molecule has 0 saturated carbocycles. The monoisotopic (exact) mass is 436 g/mol. The number of hydrogen-bond acceptors (Lipinski definition) is 4. The number of nitrogens with one attached hydrogen (secondary N) is 1. The average molecular weight is 437 g/mol. The molecule has 0 bridgehead atoms. The molecular weight excluding hydrogens is 408 g/mol. The number of benzene rings is 3. The Morgan fingerprint density at radius 1 is 0.879 bits per heavy atom. The molecule has 5 nitrogen and oxygen atoms in total. The quantitative estimate of drug-likeness (QED) is 0.472. The largest absolute Gasteiger partial charge is 0.367 e. The van der Waals surface area contributed by atoms with Gasteiger partial charge in [0.1, 0.15) is 0 Å². The van der Waals surface area contributed by atoms with E-state index in [4.69, 9.17) is 0 Å². The fourth-order valence-corrected chi connectivity index (χ4v) is 4.55. The van der Waals surface area contributed by atoms with Gasteiger partial charge < -0.3 is 10.2 Å². The molecule has 33 heavy (non-hydrogen) atoms. The number of para-hydroxylation sites is 1. The van der Waals surface area contributed by atoms with Gasteiger partial charge >= 0.3 is 0 Å². The van der Waals surface area contributed by atoms with Crippen LogP contribution in [0, 0.1) is 6.92 Å². The predicted molar refractivity (Wildman–Crippen MR) is 135 cm³/mol. The fourth-order valence-electron chi connectivity index (χ4n) is 4.55. The van der Waals surface area contributed by atoms with E-state index in [1.807, 2.05) is 49.4 Å². The number of pyridine rings is 1. The van der Waals surface area contributed by atoms with Crippen molar-refractivity contribution in [1.29, 1.82) is 0 Å². The molecule has 1 N–H and O–H groups in total. The molecule has 1 aliphatic rings. The first-order chi connectivity index (χ1) is 16.2. The molecule has 0 spiro atoms. The molecule has 0 radical (unpaired) electrons. The molecule has 1 amide bonds. The second kappa shape index (κ2) is 9.43. The van der Waals surface area contributed by atoms with Crippen LogP contribution in [0.3, 0.4) is 0 Å². The summed E-state index contributed by atoms with van der Waals surface area (Å²) in [6.45, 7) is 6.65. The smallest absolute Gasteiger partial charge is 0.256 e. The number of fused-ring (bicyclic) bond motifs is 1. The van der Waals surface area contributed by atoms with E-state index >= 15 is 0 Å². The number of aryl methyl sites for hydroxylation is 1. The maximum atomic E-state index is 13.1. The number of piperazine rings is 1. The maximum absolute atomic E-state index is 13.1. The minimum atomic E-state index is -0.103. The minimum absolute atomic E-state index is 0.103. The van der Waals surface area contributed by atoms with Crippen LogP contribution in [-0.4, -0.2) is 42.0 Å². The average Bonchev–Trinajstić information content (AvgIpc) is 2.85. The number of aromatic nitrogens is 1. The van der Waals surface area contributed by atoms with Gasteiger partial charge in [0.05, 0.1) is 23.1 Å². The van der Waals surface area contributed by atoms with E-state index in [9.17, 15) is 4.79 Å². The predicted octanol–water partition coefficient (Wildman–Crippen LogP) is 5.12. The number of hydrogen-bond donors (Lipinski definition) is 1. The molecule has 166 valence electrons. The van der Waals surface area contributed by atoms with Crippen molar-refractivity contribution in [2.24, 2.45) is 0 Å². The Morgan fingerprint density at radius 2 is 1.58 bits per heavy atom. The van der Waals surface area contributed by atoms with Gasteiger partial charge in [-0.1, -0.05) is 66.7 Å². The van der Waals surface area contributed by atoms with E-state index in [0.717, 1.165) is 60.6 Å². The Hall–Kier alpha value is -3.70. The molecule has 1 saturated heterocycles. The van der Waals surface area contributed by atoms with Crippen molar-refractivity contribution in [3.63, 3.8) is 0 Å². The first-order valence-electron chi connectivity index (χ1n) is 11.4. The van der Waals surface area contributed by atoms with Gasteiger partial charge in [-0.2, -0.15) is 0 Å². The summed E-state index contributed by atoms with van der Waals surface area (Å²) in [7, 11) is 0. The van der Waals surface area contributed by atoms with Gasteiger partial charge in [0.2, 0.25) is 0 Å². The molecular formula is C28H28N4O.